The summed E-state index contributed by atoms with van der Waals surface area (Å²) in [7, 11) is 0. The lowest BCUT2D eigenvalue weighted by atomic mass is 9.87. The van der Waals surface area contributed by atoms with Crippen molar-refractivity contribution in [2.75, 3.05) is 26.2 Å². The second kappa shape index (κ2) is 7.93. The Morgan fingerprint density at radius 1 is 0.929 bits per heavy atom. The molecular formula is C19H22F6N2O. The minimum Gasteiger partial charge on any atom is -0.339 e. The number of likely N-dealkylation sites (tertiary alicyclic amines) is 1. The molecule has 156 valence electrons. The SMILES string of the molecule is O=C(c1cc(C2CCNCC2)cc(C(F)(F)F)c1)N1CCC(C(F)(F)F)CC1. The van der Waals surface area contributed by atoms with Crippen LogP contribution in [-0.2, 0) is 6.18 Å². The van der Waals surface area contributed by atoms with Crippen molar-refractivity contribution < 1.29 is 31.1 Å². The summed E-state index contributed by atoms with van der Waals surface area (Å²) < 4.78 is 78.4. The molecule has 1 N–H and O–H groups in total. The average molecular weight is 408 g/mol. The molecule has 0 bridgehead atoms. The van der Waals surface area contributed by atoms with E-state index in [1.54, 1.807) is 0 Å². The zero-order chi connectivity index (χ0) is 20.5. The van der Waals surface area contributed by atoms with E-state index >= 15 is 0 Å². The fourth-order valence-electron chi connectivity index (χ4n) is 3.92. The van der Waals surface area contributed by atoms with Crippen LogP contribution in [0.15, 0.2) is 18.2 Å². The van der Waals surface area contributed by atoms with Crippen molar-refractivity contribution in [3.63, 3.8) is 0 Å². The molecule has 28 heavy (non-hydrogen) atoms. The Morgan fingerprint density at radius 2 is 1.54 bits per heavy atom. The number of carbonyl (C=O) groups excluding carboxylic acids is 1. The summed E-state index contributed by atoms with van der Waals surface area (Å²) in [5, 5.41) is 3.15. The molecule has 3 nitrogen and oxygen atoms in total. The Morgan fingerprint density at radius 3 is 2.07 bits per heavy atom. The van der Waals surface area contributed by atoms with Gasteiger partial charge in [-0.3, -0.25) is 4.79 Å². The molecule has 1 aromatic carbocycles. The topological polar surface area (TPSA) is 32.3 Å². The molecule has 2 heterocycles. The molecule has 0 saturated carbocycles. The maximum atomic E-state index is 13.3. The highest BCUT2D eigenvalue weighted by Gasteiger charge is 2.42. The lowest BCUT2D eigenvalue weighted by Crippen LogP contribution is -2.42. The van der Waals surface area contributed by atoms with Crippen LogP contribution in [0.3, 0.4) is 0 Å². The van der Waals surface area contributed by atoms with Crippen molar-refractivity contribution in [2.45, 2.75) is 44.0 Å². The van der Waals surface area contributed by atoms with Crippen molar-refractivity contribution in [1.82, 2.24) is 10.2 Å². The van der Waals surface area contributed by atoms with Crippen LogP contribution in [0.2, 0.25) is 0 Å². The van der Waals surface area contributed by atoms with Crippen molar-refractivity contribution >= 4 is 5.91 Å². The highest BCUT2D eigenvalue weighted by Crippen LogP contribution is 2.36. The number of carbonyl (C=O) groups is 1. The first-order chi connectivity index (χ1) is 13.1. The first kappa shape index (κ1) is 21.0. The number of rotatable bonds is 2. The third-order valence-electron chi connectivity index (χ3n) is 5.59. The summed E-state index contributed by atoms with van der Waals surface area (Å²) in [5.74, 6) is -2.18. The molecular weight excluding hydrogens is 386 g/mol. The molecule has 0 aromatic heterocycles. The van der Waals surface area contributed by atoms with Crippen molar-refractivity contribution in [2.24, 2.45) is 5.92 Å². The smallest absolute Gasteiger partial charge is 0.339 e. The number of amides is 1. The molecule has 3 rings (SSSR count). The summed E-state index contributed by atoms with van der Waals surface area (Å²) in [6.07, 6.45) is -8.02. The van der Waals surface area contributed by atoms with Crippen LogP contribution in [0.5, 0.6) is 0 Å². The van der Waals surface area contributed by atoms with E-state index in [2.05, 4.69) is 5.32 Å². The van der Waals surface area contributed by atoms with Gasteiger partial charge in [-0.05, 0) is 68.5 Å². The summed E-state index contributed by atoms with van der Waals surface area (Å²) in [6, 6.07) is 3.37. The fraction of sp³-hybridized carbons (Fsp3) is 0.632. The molecule has 0 unspecified atom stereocenters. The molecule has 9 heteroatoms. The molecule has 1 amide bonds. The molecule has 2 aliphatic rings. The number of nitrogens with zero attached hydrogens (tertiary/aromatic N) is 1. The Bertz CT molecular complexity index is 701. The van der Waals surface area contributed by atoms with Gasteiger partial charge in [-0.25, -0.2) is 0 Å². The lowest BCUT2D eigenvalue weighted by Gasteiger charge is -2.33. The molecule has 1 aromatic rings. The van der Waals surface area contributed by atoms with E-state index in [9.17, 15) is 31.1 Å². The minimum absolute atomic E-state index is 0.0777. The van der Waals surface area contributed by atoms with Gasteiger partial charge in [0.1, 0.15) is 0 Å². The maximum Gasteiger partial charge on any atom is 0.416 e. The maximum absolute atomic E-state index is 13.3. The van der Waals surface area contributed by atoms with Crippen LogP contribution < -0.4 is 5.32 Å². The Hall–Kier alpha value is -1.77. The van der Waals surface area contributed by atoms with E-state index in [4.69, 9.17) is 0 Å². The number of alkyl halides is 6. The fourth-order valence-corrected chi connectivity index (χ4v) is 3.92. The molecule has 0 atom stereocenters. The van der Waals surface area contributed by atoms with Gasteiger partial charge in [0.2, 0.25) is 0 Å². The van der Waals surface area contributed by atoms with Crippen LogP contribution in [-0.4, -0.2) is 43.2 Å². The summed E-state index contributed by atoms with van der Waals surface area (Å²) in [4.78, 5) is 14.0. The normalized spacial score (nSPS) is 20.4. The zero-order valence-corrected chi connectivity index (χ0v) is 15.2. The van der Waals surface area contributed by atoms with Gasteiger partial charge in [-0.15, -0.1) is 0 Å². The van der Waals surface area contributed by atoms with Crippen LogP contribution in [0.4, 0.5) is 26.3 Å². The highest BCUT2D eigenvalue weighted by atomic mass is 19.4. The number of hydrogen-bond donors (Lipinski definition) is 1. The van der Waals surface area contributed by atoms with Gasteiger partial charge in [-0.2, -0.15) is 26.3 Å². The lowest BCUT2D eigenvalue weighted by molar-refractivity contribution is -0.183. The van der Waals surface area contributed by atoms with E-state index < -0.39 is 29.7 Å². The van der Waals surface area contributed by atoms with E-state index in [0.29, 0.717) is 31.5 Å². The van der Waals surface area contributed by atoms with E-state index in [1.165, 1.54) is 11.0 Å². The van der Waals surface area contributed by atoms with Gasteiger partial charge in [0.05, 0.1) is 11.5 Å². The van der Waals surface area contributed by atoms with Crippen LogP contribution >= 0.6 is 0 Å². The minimum atomic E-state index is -4.60. The van der Waals surface area contributed by atoms with Crippen LogP contribution in [0.25, 0.3) is 0 Å². The van der Waals surface area contributed by atoms with E-state index in [1.807, 2.05) is 0 Å². The Labute approximate surface area is 159 Å². The van der Waals surface area contributed by atoms with Crippen LogP contribution in [0, 0.1) is 5.92 Å². The van der Waals surface area contributed by atoms with Gasteiger partial charge < -0.3 is 10.2 Å². The second-order valence-corrected chi connectivity index (χ2v) is 7.47. The summed E-state index contributed by atoms with van der Waals surface area (Å²) in [6.45, 7) is 1.16. The highest BCUT2D eigenvalue weighted by molar-refractivity contribution is 5.94. The second-order valence-electron chi connectivity index (χ2n) is 7.47. The Kier molecular flexibility index (Phi) is 5.93. The molecule has 0 aliphatic carbocycles. The molecule has 0 spiro atoms. The molecule has 2 fully saturated rings. The largest absolute Gasteiger partial charge is 0.416 e. The van der Waals surface area contributed by atoms with Crippen molar-refractivity contribution in [3.05, 3.63) is 34.9 Å². The predicted octanol–water partition coefficient (Wildman–Crippen LogP) is 4.59. The third-order valence-corrected chi connectivity index (χ3v) is 5.59. The number of hydrogen-bond acceptors (Lipinski definition) is 2. The van der Waals surface area contributed by atoms with E-state index in [0.717, 1.165) is 12.1 Å². The predicted molar refractivity (Wildman–Crippen MR) is 91.0 cm³/mol. The summed E-state index contributed by atoms with van der Waals surface area (Å²) in [5.41, 5.74) is -0.532. The van der Waals surface area contributed by atoms with E-state index in [-0.39, 0.29) is 37.4 Å². The van der Waals surface area contributed by atoms with Gasteiger partial charge in [0.25, 0.3) is 5.91 Å². The monoisotopic (exact) mass is 408 g/mol. The van der Waals surface area contributed by atoms with Crippen molar-refractivity contribution in [3.8, 4) is 0 Å². The van der Waals surface area contributed by atoms with Crippen molar-refractivity contribution in [1.29, 1.82) is 0 Å². The van der Waals surface area contributed by atoms with Gasteiger partial charge >= 0.3 is 12.4 Å². The third kappa shape index (κ3) is 4.79. The van der Waals surface area contributed by atoms with Gasteiger partial charge in [0, 0.05) is 18.7 Å². The van der Waals surface area contributed by atoms with Crippen LogP contribution in [0.1, 0.15) is 53.1 Å². The number of nitrogens with one attached hydrogen (secondary N) is 1. The molecule has 2 aliphatic heterocycles. The number of piperidine rings is 2. The molecule has 0 radical (unpaired) electrons. The first-order valence-corrected chi connectivity index (χ1v) is 9.34. The zero-order valence-electron chi connectivity index (χ0n) is 15.2. The number of halogens is 6. The average Bonchev–Trinajstić information content (AvgIpc) is 2.66. The summed E-state index contributed by atoms with van der Waals surface area (Å²) >= 11 is 0. The standard InChI is InChI=1S/C19H22F6N2O/c20-18(21,22)15-3-7-27(8-4-15)17(28)14-9-13(12-1-5-26-6-2-12)10-16(11-14)19(23,24)25/h9-12,15,26H,1-8H2. The Balaban J connectivity index is 1.83. The van der Waals surface area contributed by atoms with Gasteiger partial charge in [-0.1, -0.05) is 0 Å². The van der Waals surface area contributed by atoms with Gasteiger partial charge in [0.15, 0.2) is 0 Å². The molecule has 2 saturated heterocycles. The number of benzene rings is 1. The first-order valence-electron chi connectivity index (χ1n) is 9.34. The quantitative estimate of drug-likeness (QED) is 0.727.